The van der Waals surface area contributed by atoms with Crippen LogP contribution < -0.4 is 0 Å². The largest absolute Gasteiger partial charge is 0.354 e. The van der Waals surface area contributed by atoms with Gasteiger partial charge in [0, 0.05) is 29.3 Å². The second-order valence-electron chi connectivity index (χ2n) is 7.29. The van der Waals surface area contributed by atoms with Crippen molar-refractivity contribution in [3.8, 4) is 34.0 Å². The normalized spacial score (nSPS) is 11.6. The molecule has 0 aliphatic heterocycles. The Morgan fingerprint density at radius 3 is 2.12 bits per heavy atom. The lowest BCUT2D eigenvalue weighted by molar-refractivity contribution is -0.384. The van der Waals surface area contributed by atoms with E-state index in [0.717, 1.165) is 0 Å². The SMILES string of the molecule is CC(C)S(=O)(=O)c1ccc(-c2cncc(-c3cc(-c4ccc([N+](=O)[O-])cc4)no3)n2)cc1. The lowest BCUT2D eigenvalue weighted by Crippen LogP contribution is -2.13. The molecule has 32 heavy (non-hydrogen) atoms. The monoisotopic (exact) mass is 450 g/mol. The van der Waals surface area contributed by atoms with Crippen molar-refractivity contribution in [3.63, 3.8) is 0 Å². The zero-order valence-corrected chi connectivity index (χ0v) is 18.0. The summed E-state index contributed by atoms with van der Waals surface area (Å²) >= 11 is 0. The van der Waals surface area contributed by atoms with Gasteiger partial charge >= 0.3 is 0 Å². The first kappa shape index (κ1) is 21.3. The van der Waals surface area contributed by atoms with Crippen LogP contribution in [0.5, 0.6) is 0 Å². The van der Waals surface area contributed by atoms with Crippen molar-refractivity contribution in [2.75, 3.05) is 0 Å². The van der Waals surface area contributed by atoms with Gasteiger partial charge in [0.2, 0.25) is 0 Å². The fourth-order valence-corrected chi connectivity index (χ4v) is 4.06. The predicted molar refractivity (Wildman–Crippen MR) is 117 cm³/mol. The second-order valence-corrected chi connectivity index (χ2v) is 9.79. The van der Waals surface area contributed by atoms with Crippen molar-refractivity contribution in [3.05, 3.63) is 77.1 Å². The van der Waals surface area contributed by atoms with Crippen molar-refractivity contribution in [1.29, 1.82) is 0 Å². The van der Waals surface area contributed by atoms with E-state index in [9.17, 15) is 18.5 Å². The van der Waals surface area contributed by atoms with Crippen molar-refractivity contribution in [1.82, 2.24) is 15.1 Å². The maximum atomic E-state index is 12.3. The van der Waals surface area contributed by atoms with Gasteiger partial charge in [-0.3, -0.25) is 15.1 Å². The Balaban J connectivity index is 1.61. The molecule has 0 unspecified atom stereocenters. The molecule has 4 aromatic rings. The van der Waals surface area contributed by atoms with E-state index in [1.807, 2.05) is 0 Å². The van der Waals surface area contributed by atoms with Gasteiger partial charge in [0.05, 0.1) is 33.2 Å². The van der Waals surface area contributed by atoms with E-state index < -0.39 is 20.0 Å². The topological polar surface area (TPSA) is 129 Å². The van der Waals surface area contributed by atoms with E-state index in [4.69, 9.17) is 4.52 Å². The van der Waals surface area contributed by atoms with Crippen LogP contribution in [0.25, 0.3) is 34.0 Å². The van der Waals surface area contributed by atoms with Gasteiger partial charge in [-0.1, -0.05) is 17.3 Å². The Bertz CT molecular complexity index is 1380. The van der Waals surface area contributed by atoms with E-state index in [1.165, 1.54) is 18.3 Å². The third-order valence-corrected chi connectivity index (χ3v) is 7.04. The molecule has 0 saturated heterocycles. The minimum absolute atomic E-state index is 0.0109. The molecule has 0 amide bonds. The van der Waals surface area contributed by atoms with Gasteiger partial charge in [-0.2, -0.15) is 0 Å². The van der Waals surface area contributed by atoms with Crippen LogP contribution in [-0.4, -0.2) is 33.7 Å². The van der Waals surface area contributed by atoms with Crippen LogP contribution >= 0.6 is 0 Å². The molecule has 0 aliphatic rings. The number of nitrogens with zero attached hydrogens (tertiary/aromatic N) is 4. The minimum atomic E-state index is -3.35. The molecule has 10 heteroatoms. The first-order chi connectivity index (χ1) is 15.3. The molecule has 0 spiro atoms. The van der Waals surface area contributed by atoms with E-state index in [0.29, 0.717) is 34.0 Å². The minimum Gasteiger partial charge on any atom is -0.354 e. The summed E-state index contributed by atoms with van der Waals surface area (Å²) in [5.41, 5.74) is 2.86. The molecule has 0 saturated carbocycles. The van der Waals surface area contributed by atoms with Gasteiger partial charge in [-0.15, -0.1) is 0 Å². The van der Waals surface area contributed by atoms with Gasteiger partial charge < -0.3 is 4.52 Å². The predicted octanol–water partition coefficient (Wildman–Crippen LogP) is 4.56. The molecule has 0 atom stereocenters. The molecule has 0 fully saturated rings. The Labute approximate surface area is 183 Å². The standard InChI is InChI=1S/C22H18N4O5S/c1-14(2)32(29,30)18-9-5-16(6-10-18)20-12-23-13-21(24-20)22-11-19(25-31-22)15-3-7-17(8-4-15)26(27)28/h3-14H,1-2H3. The van der Waals surface area contributed by atoms with Gasteiger partial charge in [-0.05, 0) is 38.1 Å². The highest BCUT2D eigenvalue weighted by atomic mass is 32.2. The summed E-state index contributed by atoms with van der Waals surface area (Å²) in [6.07, 6.45) is 3.10. The number of hydrogen-bond acceptors (Lipinski definition) is 8. The zero-order valence-electron chi connectivity index (χ0n) is 17.2. The summed E-state index contributed by atoms with van der Waals surface area (Å²) in [4.78, 5) is 19.4. The average Bonchev–Trinajstić information content (AvgIpc) is 3.29. The molecule has 2 aromatic carbocycles. The van der Waals surface area contributed by atoms with E-state index >= 15 is 0 Å². The molecular formula is C22H18N4O5S. The van der Waals surface area contributed by atoms with Crippen LogP contribution in [0.4, 0.5) is 5.69 Å². The van der Waals surface area contributed by atoms with E-state index in [-0.39, 0.29) is 10.6 Å². The number of benzene rings is 2. The fourth-order valence-electron chi connectivity index (χ4n) is 3.00. The Hall–Kier alpha value is -3.92. The Kier molecular flexibility index (Phi) is 5.54. The smallest absolute Gasteiger partial charge is 0.269 e. The van der Waals surface area contributed by atoms with Crippen molar-refractivity contribution >= 4 is 15.5 Å². The zero-order chi connectivity index (χ0) is 22.9. The van der Waals surface area contributed by atoms with Crippen molar-refractivity contribution in [2.45, 2.75) is 24.0 Å². The number of nitro groups is 1. The molecule has 0 N–H and O–H groups in total. The number of hydrogen-bond donors (Lipinski definition) is 0. The van der Waals surface area contributed by atoms with Crippen LogP contribution in [0, 0.1) is 10.1 Å². The van der Waals surface area contributed by atoms with Gasteiger partial charge in [0.1, 0.15) is 11.4 Å². The highest BCUT2D eigenvalue weighted by Gasteiger charge is 2.19. The van der Waals surface area contributed by atoms with Crippen LogP contribution in [0.2, 0.25) is 0 Å². The molecule has 2 heterocycles. The molecule has 2 aromatic heterocycles. The highest BCUT2D eigenvalue weighted by molar-refractivity contribution is 7.92. The Morgan fingerprint density at radius 2 is 1.50 bits per heavy atom. The number of rotatable bonds is 6. The van der Waals surface area contributed by atoms with Gasteiger partial charge in [0.25, 0.3) is 5.69 Å². The fraction of sp³-hybridized carbons (Fsp3) is 0.136. The molecule has 9 nitrogen and oxygen atoms in total. The summed E-state index contributed by atoms with van der Waals surface area (Å²) < 4.78 is 30.0. The molecule has 0 radical (unpaired) electrons. The molecule has 4 rings (SSSR count). The van der Waals surface area contributed by atoms with Crippen molar-refractivity contribution in [2.24, 2.45) is 0 Å². The van der Waals surface area contributed by atoms with Crippen LogP contribution in [0.3, 0.4) is 0 Å². The summed E-state index contributed by atoms with van der Waals surface area (Å²) in [5.74, 6) is 0.381. The first-order valence-corrected chi connectivity index (χ1v) is 11.2. The highest BCUT2D eigenvalue weighted by Crippen LogP contribution is 2.28. The third kappa shape index (κ3) is 4.12. The molecule has 0 bridgehead atoms. The lowest BCUT2D eigenvalue weighted by Gasteiger charge is -2.08. The first-order valence-electron chi connectivity index (χ1n) is 9.64. The maximum Gasteiger partial charge on any atom is 0.269 e. The van der Waals surface area contributed by atoms with Gasteiger partial charge in [-0.25, -0.2) is 13.4 Å². The quantitative estimate of drug-likeness (QED) is 0.309. The van der Waals surface area contributed by atoms with Gasteiger partial charge in [0.15, 0.2) is 15.6 Å². The molecular weight excluding hydrogens is 432 g/mol. The van der Waals surface area contributed by atoms with E-state index in [2.05, 4.69) is 15.1 Å². The van der Waals surface area contributed by atoms with E-state index in [1.54, 1.807) is 62.5 Å². The second kappa shape index (κ2) is 8.31. The number of sulfone groups is 1. The number of nitro benzene ring substituents is 1. The summed E-state index contributed by atoms with van der Waals surface area (Å²) in [7, 11) is -3.35. The third-order valence-electron chi connectivity index (χ3n) is 4.87. The van der Waals surface area contributed by atoms with Crippen molar-refractivity contribution < 1.29 is 17.9 Å². The summed E-state index contributed by atoms with van der Waals surface area (Å²) in [6.45, 7) is 3.28. The van der Waals surface area contributed by atoms with Crippen LogP contribution in [0.15, 0.2) is 76.4 Å². The van der Waals surface area contributed by atoms with Crippen LogP contribution in [0.1, 0.15) is 13.8 Å². The average molecular weight is 450 g/mol. The van der Waals surface area contributed by atoms with Crippen LogP contribution in [-0.2, 0) is 9.84 Å². The number of aromatic nitrogens is 3. The lowest BCUT2D eigenvalue weighted by atomic mass is 10.1. The number of non-ortho nitro benzene ring substituents is 1. The molecule has 162 valence electrons. The summed E-state index contributed by atoms with van der Waals surface area (Å²) in [6, 6.07) is 14.1. The Morgan fingerprint density at radius 1 is 0.906 bits per heavy atom. The molecule has 0 aliphatic carbocycles. The maximum absolute atomic E-state index is 12.3. The summed E-state index contributed by atoms with van der Waals surface area (Å²) in [5, 5.41) is 14.3.